The molecule has 1 rings (SSSR count). The molecule has 2 nitrogen and oxygen atoms in total. The van der Waals surface area contributed by atoms with Gasteiger partial charge in [-0.1, -0.05) is 36.8 Å². The molecule has 5 heteroatoms. The minimum Gasteiger partial charge on any atom is -0.393 e. The molecule has 94 valence electrons. The van der Waals surface area contributed by atoms with Gasteiger partial charge in [-0.15, -0.1) is 0 Å². The number of hydrogen-bond acceptors (Lipinski definition) is 2. The number of hydrogen-bond donors (Lipinski definition) is 1. The van der Waals surface area contributed by atoms with Crippen LogP contribution in [0, 0.1) is 11.7 Å². The molecular formula is C12H16ClFN2S. The third kappa shape index (κ3) is 4.58. The zero-order chi connectivity index (χ0) is 13.0. The van der Waals surface area contributed by atoms with Gasteiger partial charge in [0.15, 0.2) is 0 Å². The maximum Gasteiger partial charge on any atom is 0.141 e. The Hall–Kier alpha value is -0.710. The minimum absolute atomic E-state index is 0.151. The second kappa shape index (κ2) is 6.28. The van der Waals surface area contributed by atoms with Gasteiger partial charge in [-0.05, 0) is 24.7 Å². The van der Waals surface area contributed by atoms with Gasteiger partial charge in [-0.3, -0.25) is 0 Å². The van der Waals surface area contributed by atoms with Crippen LogP contribution in [0.2, 0.25) is 5.02 Å². The summed E-state index contributed by atoms with van der Waals surface area (Å²) in [7, 11) is 1.96. The summed E-state index contributed by atoms with van der Waals surface area (Å²) in [5, 5.41) is 0.151. The first kappa shape index (κ1) is 14.4. The normalized spacial score (nSPS) is 12.8. The molecule has 1 atom stereocenters. The fraction of sp³-hybridized carbons (Fsp3) is 0.417. The largest absolute Gasteiger partial charge is 0.393 e. The molecule has 0 aliphatic rings. The Bertz CT molecular complexity index is 411. The summed E-state index contributed by atoms with van der Waals surface area (Å²) >= 11 is 10.6. The van der Waals surface area contributed by atoms with E-state index in [0.29, 0.717) is 11.5 Å². The summed E-state index contributed by atoms with van der Waals surface area (Å²) in [5.74, 6) is -0.236. The van der Waals surface area contributed by atoms with Crippen LogP contribution < -0.4 is 5.73 Å². The van der Waals surface area contributed by atoms with Crippen LogP contribution in [-0.4, -0.2) is 23.5 Å². The molecule has 0 fully saturated rings. The molecule has 0 saturated heterocycles. The van der Waals surface area contributed by atoms with Crippen molar-refractivity contribution >= 4 is 28.8 Å². The van der Waals surface area contributed by atoms with Crippen LogP contribution in [0.1, 0.15) is 12.5 Å². The lowest BCUT2D eigenvalue weighted by Gasteiger charge is -2.20. The van der Waals surface area contributed by atoms with Gasteiger partial charge in [0.1, 0.15) is 5.82 Å². The van der Waals surface area contributed by atoms with E-state index >= 15 is 0 Å². The summed E-state index contributed by atoms with van der Waals surface area (Å²) in [6.07, 6.45) is 0. The monoisotopic (exact) mass is 274 g/mol. The number of nitrogens with zero attached hydrogens (tertiary/aromatic N) is 1. The highest BCUT2D eigenvalue weighted by Gasteiger charge is 2.10. The van der Waals surface area contributed by atoms with Crippen LogP contribution in [0.4, 0.5) is 4.39 Å². The maximum atomic E-state index is 13.0. The second-order valence-electron chi connectivity index (χ2n) is 4.25. The standard InChI is InChI=1S/C12H16ClFN2S/c1-8(12(15)17)6-16(2)7-9-3-4-11(14)10(13)5-9/h3-5,8H,6-7H2,1-2H3,(H2,15,17). The van der Waals surface area contributed by atoms with E-state index in [0.717, 1.165) is 12.1 Å². The highest BCUT2D eigenvalue weighted by Crippen LogP contribution is 2.17. The molecular weight excluding hydrogens is 259 g/mol. The van der Waals surface area contributed by atoms with E-state index in [2.05, 4.69) is 4.90 Å². The predicted molar refractivity (Wildman–Crippen MR) is 73.7 cm³/mol. The Labute approximate surface area is 112 Å². The van der Waals surface area contributed by atoms with Crippen molar-refractivity contribution in [2.24, 2.45) is 11.7 Å². The Kier molecular flexibility index (Phi) is 5.31. The van der Waals surface area contributed by atoms with Crippen molar-refractivity contribution in [2.75, 3.05) is 13.6 Å². The fourth-order valence-electron chi connectivity index (χ4n) is 1.57. The van der Waals surface area contributed by atoms with Gasteiger partial charge in [0.05, 0.1) is 10.0 Å². The summed E-state index contributed by atoms with van der Waals surface area (Å²) in [6.45, 7) is 3.44. The van der Waals surface area contributed by atoms with E-state index in [1.807, 2.05) is 14.0 Å². The SMILES string of the molecule is CC(CN(C)Cc1ccc(F)c(Cl)c1)C(N)=S. The van der Waals surface area contributed by atoms with Crippen LogP contribution in [0.25, 0.3) is 0 Å². The molecule has 0 heterocycles. The molecule has 1 aromatic carbocycles. The molecule has 0 radical (unpaired) electrons. The van der Waals surface area contributed by atoms with Crippen molar-refractivity contribution in [1.82, 2.24) is 4.90 Å². The first-order valence-corrected chi connectivity index (χ1v) is 6.10. The summed E-state index contributed by atoms with van der Waals surface area (Å²) in [5.41, 5.74) is 6.52. The van der Waals surface area contributed by atoms with E-state index in [-0.39, 0.29) is 10.9 Å². The Balaban J connectivity index is 2.58. The quantitative estimate of drug-likeness (QED) is 0.838. The van der Waals surface area contributed by atoms with Crippen molar-refractivity contribution in [1.29, 1.82) is 0 Å². The average molecular weight is 275 g/mol. The minimum atomic E-state index is -0.394. The van der Waals surface area contributed by atoms with E-state index < -0.39 is 5.82 Å². The van der Waals surface area contributed by atoms with Gasteiger partial charge >= 0.3 is 0 Å². The van der Waals surface area contributed by atoms with Crippen molar-refractivity contribution < 1.29 is 4.39 Å². The molecule has 0 aromatic heterocycles. The van der Waals surface area contributed by atoms with Crippen molar-refractivity contribution in [3.05, 3.63) is 34.6 Å². The molecule has 0 saturated carbocycles. The van der Waals surface area contributed by atoms with E-state index in [1.54, 1.807) is 12.1 Å². The molecule has 0 amide bonds. The second-order valence-corrected chi connectivity index (χ2v) is 5.13. The van der Waals surface area contributed by atoms with Crippen molar-refractivity contribution in [2.45, 2.75) is 13.5 Å². The Morgan fingerprint density at radius 1 is 1.59 bits per heavy atom. The topological polar surface area (TPSA) is 29.3 Å². The summed E-state index contributed by atoms with van der Waals surface area (Å²) in [4.78, 5) is 2.59. The Morgan fingerprint density at radius 3 is 2.76 bits per heavy atom. The number of nitrogens with two attached hydrogens (primary N) is 1. The smallest absolute Gasteiger partial charge is 0.141 e. The van der Waals surface area contributed by atoms with E-state index in [9.17, 15) is 4.39 Å². The average Bonchev–Trinajstić information content (AvgIpc) is 2.23. The molecule has 17 heavy (non-hydrogen) atoms. The molecule has 0 aliphatic heterocycles. The number of halogens is 2. The summed E-state index contributed by atoms with van der Waals surface area (Å²) < 4.78 is 13.0. The first-order chi connectivity index (χ1) is 7.90. The van der Waals surface area contributed by atoms with Gasteiger partial charge in [0.25, 0.3) is 0 Å². The predicted octanol–water partition coefficient (Wildman–Crippen LogP) is 2.83. The highest BCUT2D eigenvalue weighted by molar-refractivity contribution is 7.80. The number of thiocarbonyl (C=S) groups is 1. The van der Waals surface area contributed by atoms with Crippen LogP contribution in [-0.2, 0) is 6.54 Å². The zero-order valence-corrected chi connectivity index (χ0v) is 11.5. The van der Waals surface area contributed by atoms with Crippen LogP contribution in [0.3, 0.4) is 0 Å². The molecule has 1 aromatic rings. The van der Waals surface area contributed by atoms with Gasteiger partial charge in [-0.25, -0.2) is 4.39 Å². The van der Waals surface area contributed by atoms with E-state index in [4.69, 9.17) is 29.6 Å². The van der Waals surface area contributed by atoms with E-state index in [1.165, 1.54) is 6.07 Å². The zero-order valence-electron chi connectivity index (χ0n) is 9.91. The van der Waals surface area contributed by atoms with Gasteiger partial charge in [0.2, 0.25) is 0 Å². The number of benzene rings is 1. The summed E-state index contributed by atoms with van der Waals surface area (Å²) in [6, 6.07) is 4.74. The van der Waals surface area contributed by atoms with Crippen molar-refractivity contribution in [3.8, 4) is 0 Å². The van der Waals surface area contributed by atoms with Crippen LogP contribution >= 0.6 is 23.8 Å². The molecule has 2 N–H and O–H groups in total. The molecule has 0 bridgehead atoms. The van der Waals surface area contributed by atoms with Crippen LogP contribution in [0.15, 0.2) is 18.2 Å². The lowest BCUT2D eigenvalue weighted by molar-refractivity contribution is 0.307. The molecule has 0 spiro atoms. The Morgan fingerprint density at radius 2 is 2.24 bits per heavy atom. The third-order valence-corrected chi connectivity index (χ3v) is 3.20. The number of rotatable bonds is 5. The van der Waals surface area contributed by atoms with Gasteiger partial charge < -0.3 is 10.6 Å². The third-order valence-electron chi connectivity index (χ3n) is 2.51. The molecule has 0 aliphatic carbocycles. The van der Waals surface area contributed by atoms with Crippen molar-refractivity contribution in [3.63, 3.8) is 0 Å². The lowest BCUT2D eigenvalue weighted by atomic mass is 10.1. The maximum absolute atomic E-state index is 13.0. The van der Waals surface area contributed by atoms with Gasteiger partial charge in [0, 0.05) is 19.0 Å². The molecule has 1 unspecified atom stereocenters. The lowest BCUT2D eigenvalue weighted by Crippen LogP contribution is -2.31. The van der Waals surface area contributed by atoms with Gasteiger partial charge in [-0.2, -0.15) is 0 Å². The van der Waals surface area contributed by atoms with Crippen LogP contribution in [0.5, 0.6) is 0 Å². The fourth-order valence-corrected chi connectivity index (χ4v) is 1.85. The first-order valence-electron chi connectivity index (χ1n) is 5.32. The highest BCUT2D eigenvalue weighted by atomic mass is 35.5.